The highest BCUT2D eigenvalue weighted by atomic mass is 35.5. The summed E-state index contributed by atoms with van der Waals surface area (Å²) in [4.78, 5) is 4.02. The van der Waals surface area contributed by atoms with Gasteiger partial charge in [-0.25, -0.2) is 0 Å². The SMILES string of the molecule is CCNC(Cc1ccncc1Cl)c1cccc(C)c1Cl. The first-order valence-corrected chi connectivity index (χ1v) is 7.45. The summed E-state index contributed by atoms with van der Waals surface area (Å²) < 4.78 is 0. The minimum Gasteiger partial charge on any atom is -0.310 e. The maximum absolute atomic E-state index is 6.44. The lowest BCUT2D eigenvalue weighted by atomic mass is 9.98. The van der Waals surface area contributed by atoms with Crippen molar-refractivity contribution in [2.45, 2.75) is 26.3 Å². The Hall–Kier alpha value is -1.09. The summed E-state index contributed by atoms with van der Waals surface area (Å²) in [6, 6.07) is 8.23. The van der Waals surface area contributed by atoms with Crippen LogP contribution in [0.3, 0.4) is 0 Å². The third-order valence-corrected chi connectivity index (χ3v) is 4.18. The van der Waals surface area contributed by atoms with Crippen molar-refractivity contribution >= 4 is 23.2 Å². The predicted octanol–water partition coefficient (Wildman–Crippen LogP) is 4.59. The molecule has 1 unspecified atom stereocenters. The van der Waals surface area contributed by atoms with Crippen LogP contribution in [0.4, 0.5) is 0 Å². The number of aryl methyl sites for hydroxylation is 1. The lowest BCUT2D eigenvalue weighted by Gasteiger charge is -2.21. The van der Waals surface area contributed by atoms with Crippen molar-refractivity contribution in [1.29, 1.82) is 0 Å². The number of hydrogen-bond donors (Lipinski definition) is 1. The van der Waals surface area contributed by atoms with Crippen LogP contribution in [0.25, 0.3) is 0 Å². The van der Waals surface area contributed by atoms with Crippen LogP contribution >= 0.6 is 23.2 Å². The fourth-order valence-electron chi connectivity index (χ4n) is 2.27. The van der Waals surface area contributed by atoms with Crippen LogP contribution in [0.2, 0.25) is 10.0 Å². The van der Waals surface area contributed by atoms with Crippen LogP contribution < -0.4 is 5.32 Å². The third-order valence-electron chi connectivity index (χ3n) is 3.33. The average Bonchev–Trinajstić information content (AvgIpc) is 2.44. The second-order valence-corrected chi connectivity index (χ2v) is 5.54. The van der Waals surface area contributed by atoms with Crippen LogP contribution in [-0.4, -0.2) is 11.5 Å². The topological polar surface area (TPSA) is 24.9 Å². The standard InChI is InChI=1S/C16H18Cl2N2/c1-3-20-15(9-12-7-8-19-10-14(12)17)13-6-4-5-11(2)16(13)18/h4-8,10,15,20H,3,9H2,1-2H3. The maximum Gasteiger partial charge on any atom is 0.0622 e. The van der Waals surface area contributed by atoms with E-state index in [0.29, 0.717) is 5.02 Å². The normalized spacial score (nSPS) is 12.4. The van der Waals surface area contributed by atoms with Gasteiger partial charge in [-0.15, -0.1) is 0 Å². The van der Waals surface area contributed by atoms with E-state index in [1.54, 1.807) is 12.4 Å². The molecule has 0 spiro atoms. The molecular weight excluding hydrogens is 291 g/mol. The minimum atomic E-state index is 0.146. The Morgan fingerprint density at radius 3 is 2.75 bits per heavy atom. The molecule has 0 aliphatic rings. The fraction of sp³-hybridized carbons (Fsp3) is 0.312. The van der Waals surface area contributed by atoms with Gasteiger partial charge in [-0.3, -0.25) is 4.98 Å². The molecule has 106 valence electrons. The van der Waals surface area contributed by atoms with Gasteiger partial charge in [0.25, 0.3) is 0 Å². The van der Waals surface area contributed by atoms with Gasteiger partial charge in [0.1, 0.15) is 0 Å². The van der Waals surface area contributed by atoms with E-state index in [1.165, 1.54) is 0 Å². The first-order valence-electron chi connectivity index (χ1n) is 6.70. The molecular formula is C16H18Cl2N2. The lowest BCUT2D eigenvalue weighted by molar-refractivity contribution is 0.549. The van der Waals surface area contributed by atoms with Crippen molar-refractivity contribution in [3.05, 3.63) is 63.4 Å². The van der Waals surface area contributed by atoms with Crippen LogP contribution in [-0.2, 0) is 6.42 Å². The highest BCUT2D eigenvalue weighted by Crippen LogP contribution is 2.29. The number of halogens is 2. The van der Waals surface area contributed by atoms with Gasteiger partial charge in [-0.05, 0) is 42.6 Å². The van der Waals surface area contributed by atoms with E-state index in [1.807, 2.05) is 25.1 Å². The van der Waals surface area contributed by atoms with Crippen molar-refractivity contribution in [2.75, 3.05) is 6.54 Å². The number of hydrogen-bond acceptors (Lipinski definition) is 2. The molecule has 1 aromatic carbocycles. The van der Waals surface area contributed by atoms with E-state index in [9.17, 15) is 0 Å². The molecule has 1 atom stereocenters. The van der Waals surface area contributed by atoms with Gasteiger partial charge in [0, 0.05) is 23.5 Å². The maximum atomic E-state index is 6.44. The van der Waals surface area contributed by atoms with E-state index >= 15 is 0 Å². The van der Waals surface area contributed by atoms with Crippen molar-refractivity contribution in [2.24, 2.45) is 0 Å². The largest absolute Gasteiger partial charge is 0.310 e. The summed E-state index contributed by atoms with van der Waals surface area (Å²) in [5.41, 5.74) is 3.28. The number of pyridine rings is 1. The van der Waals surface area contributed by atoms with E-state index < -0.39 is 0 Å². The summed E-state index contributed by atoms with van der Waals surface area (Å²) in [7, 11) is 0. The van der Waals surface area contributed by atoms with Gasteiger partial charge < -0.3 is 5.32 Å². The number of nitrogens with zero attached hydrogens (tertiary/aromatic N) is 1. The molecule has 0 aliphatic carbocycles. The van der Waals surface area contributed by atoms with Gasteiger partial charge in [0.15, 0.2) is 0 Å². The Morgan fingerprint density at radius 1 is 1.25 bits per heavy atom. The molecule has 0 saturated carbocycles. The van der Waals surface area contributed by atoms with Gasteiger partial charge >= 0.3 is 0 Å². The molecule has 0 radical (unpaired) electrons. The zero-order valence-electron chi connectivity index (χ0n) is 11.7. The van der Waals surface area contributed by atoms with Gasteiger partial charge in [-0.2, -0.15) is 0 Å². The van der Waals surface area contributed by atoms with Crippen LogP contribution in [0, 0.1) is 6.92 Å². The Labute approximate surface area is 130 Å². The quantitative estimate of drug-likeness (QED) is 0.874. The minimum absolute atomic E-state index is 0.146. The summed E-state index contributed by atoms with van der Waals surface area (Å²) in [5, 5.41) is 5.00. The zero-order chi connectivity index (χ0) is 14.5. The van der Waals surface area contributed by atoms with Gasteiger partial charge in [0.05, 0.1) is 5.02 Å². The highest BCUT2D eigenvalue weighted by Gasteiger charge is 2.16. The summed E-state index contributed by atoms with van der Waals surface area (Å²) >= 11 is 12.6. The molecule has 0 fully saturated rings. The van der Waals surface area contributed by atoms with Crippen LogP contribution in [0.15, 0.2) is 36.7 Å². The highest BCUT2D eigenvalue weighted by molar-refractivity contribution is 6.32. The molecule has 1 aromatic heterocycles. The first-order chi connectivity index (χ1) is 9.63. The summed E-state index contributed by atoms with van der Waals surface area (Å²) in [6.07, 6.45) is 4.23. The molecule has 0 bridgehead atoms. The molecule has 20 heavy (non-hydrogen) atoms. The molecule has 4 heteroatoms. The molecule has 2 nitrogen and oxygen atoms in total. The molecule has 1 N–H and O–H groups in total. The smallest absolute Gasteiger partial charge is 0.0622 e. The zero-order valence-corrected chi connectivity index (χ0v) is 13.2. The second-order valence-electron chi connectivity index (χ2n) is 4.76. The molecule has 0 aliphatic heterocycles. The number of likely N-dealkylation sites (N-methyl/N-ethyl adjacent to an activating group) is 1. The Kier molecular flexibility index (Phi) is 5.41. The Morgan fingerprint density at radius 2 is 2.05 bits per heavy atom. The van der Waals surface area contributed by atoms with Crippen molar-refractivity contribution in [1.82, 2.24) is 10.3 Å². The van der Waals surface area contributed by atoms with E-state index in [2.05, 4.69) is 23.3 Å². The molecule has 1 heterocycles. The van der Waals surface area contributed by atoms with Crippen LogP contribution in [0.5, 0.6) is 0 Å². The molecule has 0 saturated heterocycles. The predicted molar refractivity (Wildman–Crippen MR) is 85.6 cm³/mol. The summed E-state index contributed by atoms with van der Waals surface area (Å²) in [6.45, 7) is 4.98. The van der Waals surface area contributed by atoms with E-state index in [0.717, 1.165) is 34.7 Å². The number of aromatic nitrogens is 1. The van der Waals surface area contributed by atoms with E-state index in [4.69, 9.17) is 23.2 Å². The Bertz CT molecular complexity index is 584. The third kappa shape index (κ3) is 3.51. The monoisotopic (exact) mass is 308 g/mol. The number of rotatable bonds is 5. The first kappa shape index (κ1) is 15.3. The number of nitrogens with one attached hydrogen (secondary N) is 1. The summed E-state index contributed by atoms with van der Waals surface area (Å²) in [5.74, 6) is 0. The van der Waals surface area contributed by atoms with Crippen LogP contribution in [0.1, 0.15) is 29.7 Å². The molecule has 0 amide bonds. The van der Waals surface area contributed by atoms with Crippen molar-refractivity contribution in [3.63, 3.8) is 0 Å². The number of benzene rings is 1. The molecule has 2 aromatic rings. The molecule has 2 rings (SSSR count). The van der Waals surface area contributed by atoms with Crippen molar-refractivity contribution < 1.29 is 0 Å². The fourth-order valence-corrected chi connectivity index (χ4v) is 2.72. The Balaban J connectivity index is 2.32. The lowest BCUT2D eigenvalue weighted by Crippen LogP contribution is -2.23. The van der Waals surface area contributed by atoms with Crippen molar-refractivity contribution in [3.8, 4) is 0 Å². The van der Waals surface area contributed by atoms with E-state index in [-0.39, 0.29) is 6.04 Å². The second kappa shape index (κ2) is 7.07. The van der Waals surface area contributed by atoms with Gasteiger partial charge in [-0.1, -0.05) is 48.3 Å². The van der Waals surface area contributed by atoms with Gasteiger partial charge in [0.2, 0.25) is 0 Å². The average molecular weight is 309 g/mol.